The number of benzene rings is 2. The SMILES string of the molecule is CC(=O)NCCNc1cccc(CN(C)c2ccccc2)c1. The summed E-state index contributed by atoms with van der Waals surface area (Å²) in [6.45, 7) is 3.73. The van der Waals surface area contributed by atoms with Gasteiger partial charge < -0.3 is 15.5 Å². The van der Waals surface area contributed by atoms with Crippen LogP contribution in [0, 0.1) is 0 Å². The highest BCUT2D eigenvalue weighted by Gasteiger charge is 2.02. The first-order chi connectivity index (χ1) is 10.6. The fourth-order valence-corrected chi connectivity index (χ4v) is 2.27. The molecule has 0 aliphatic carbocycles. The van der Waals surface area contributed by atoms with Gasteiger partial charge >= 0.3 is 0 Å². The molecule has 0 unspecified atom stereocenters. The van der Waals surface area contributed by atoms with Gasteiger partial charge in [0.1, 0.15) is 0 Å². The summed E-state index contributed by atoms with van der Waals surface area (Å²) in [5.74, 6) is 0.0000339. The lowest BCUT2D eigenvalue weighted by atomic mass is 10.2. The fraction of sp³-hybridized carbons (Fsp3) is 0.278. The molecule has 0 aliphatic heterocycles. The molecule has 0 aliphatic rings. The second-order valence-corrected chi connectivity index (χ2v) is 5.30. The maximum absolute atomic E-state index is 10.8. The van der Waals surface area contributed by atoms with Crippen molar-refractivity contribution in [1.82, 2.24) is 5.32 Å². The summed E-state index contributed by atoms with van der Waals surface area (Å²) in [7, 11) is 2.09. The number of para-hydroxylation sites is 1. The van der Waals surface area contributed by atoms with Crippen LogP contribution in [0.5, 0.6) is 0 Å². The molecule has 2 aromatic rings. The first-order valence-electron chi connectivity index (χ1n) is 7.48. The van der Waals surface area contributed by atoms with Gasteiger partial charge in [-0.05, 0) is 29.8 Å². The molecular weight excluding hydrogens is 274 g/mol. The van der Waals surface area contributed by atoms with E-state index in [1.54, 1.807) is 0 Å². The summed E-state index contributed by atoms with van der Waals surface area (Å²) >= 11 is 0. The summed E-state index contributed by atoms with van der Waals surface area (Å²) in [6, 6.07) is 18.7. The zero-order chi connectivity index (χ0) is 15.8. The molecule has 4 heteroatoms. The van der Waals surface area contributed by atoms with Gasteiger partial charge in [0.15, 0.2) is 0 Å². The number of nitrogens with zero attached hydrogens (tertiary/aromatic N) is 1. The fourth-order valence-electron chi connectivity index (χ4n) is 2.27. The van der Waals surface area contributed by atoms with Crippen LogP contribution in [0.15, 0.2) is 54.6 Å². The topological polar surface area (TPSA) is 44.4 Å². The molecule has 22 heavy (non-hydrogen) atoms. The Morgan fingerprint density at radius 2 is 1.82 bits per heavy atom. The van der Waals surface area contributed by atoms with Crippen molar-refractivity contribution < 1.29 is 4.79 Å². The van der Waals surface area contributed by atoms with Gasteiger partial charge in [-0.15, -0.1) is 0 Å². The van der Waals surface area contributed by atoms with Gasteiger partial charge in [-0.3, -0.25) is 4.79 Å². The minimum absolute atomic E-state index is 0.0000339. The summed E-state index contributed by atoms with van der Waals surface area (Å²) in [5, 5.41) is 6.09. The predicted octanol–water partition coefficient (Wildman–Crippen LogP) is 2.87. The predicted molar refractivity (Wildman–Crippen MR) is 92.2 cm³/mol. The van der Waals surface area contributed by atoms with Crippen molar-refractivity contribution in [2.24, 2.45) is 0 Å². The number of anilines is 2. The molecule has 4 nitrogen and oxygen atoms in total. The summed E-state index contributed by atoms with van der Waals surface area (Å²) in [5.41, 5.74) is 3.52. The molecule has 1 amide bonds. The first-order valence-corrected chi connectivity index (χ1v) is 7.48. The van der Waals surface area contributed by atoms with Crippen LogP contribution in [-0.4, -0.2) is 26.0 Å². The Kier molecular flexibility index (Phi) is 5.83. The van der Waals surface area contributed by atoms with E-state index in [9.17, 15) is 4.79 Å². The van der Waals surface area contributed by atoms with Crippen LogP contribution in [0.2, 0.25) is 0 Å². The molecule has 0 fully saturated rings. The van der Waals surface area contributed by atoms with Gasteiger partial charge in [-0.2, -0.15) is 0 Å². The quantitative estimate of drug-likeness (QED) is 0.772. The Balaban J connectivity index is 1.89. The van der Waals surface area contributed by atoms with Crippen LogP contribution in [-0.2, 0) is 11.3 Å². The summed E-state index contributed by atoms with van der Waals surface area (Å²) < 4.78 is 0. The van der Waals surface area contributed by atoms with E-state index in [-0.39, 0.29) is 5.91 Å². The van der Waals surface area contributed by atoms with Crippen molar-refractivity contribution >= 4 is 17.3 Å². The molecule has 116 valence electrons. The van der Waals surface area contributed by atoms with E-state index >= 15 is 0 Å². The minimum atomic E-state index is 0.0000339. The van der Waals surface area contributed by atoms with E-state index in [1.165, 1.54) is 18.2 Å². The second-order valence-electron chi connectivity index (χ2n) is 5.30. The third-order valence-corrected chi connectivity index (χ3v) is 3.37. The lowest BCUT2D eigenvalue weighted by molar-refractivity contribution is -0.118. The van der Waals surface area contributed by atoms with Gasteiger partial charge in [0.05, 0.1) is 0 Å². The molecule has 0 saturated carbocycles. The number of amides is 1. The van der Waals surface area contributed by atoms with Crippen LogP contribution >= 0.6 is 0 Å². The Bertz CT molecular complexity index is 598. The molecule has 2 rings (SSSR count). The Labute approximate surface area is 132 Å². The average molecular weight is 297 g/mol. The average Bonchev–Trinajstić information content (AvgIpc) is 2.52. The van der Waals surface area contributed by atoms with Crippen molar-refractivity contribution in [3.63, 3.8) is 0 Å². The number of rotatable bonds is 7. The van der Waals surface area contributed by atoms with Crippen molar-refractivity contribution in [2.45, 2.75) is 13.5 Å². The molecule has 2 aromatic carbocycles. The van der Waals surface area contributed by atoms with Crippen LogP contribution < -0.4 is 15.5 Å². The molecule has 0 saturated heterocycles. The normalized spacial score (nSPS) is 10.1. The Morgan fingerprint density at radius 1 is 1.05 bits per heavy atom. The zero-order valence-corrected chi connectivity index (χ0v) is 13.2. The van der Waals surface area contributed by atoms with E-state index < -0.39 is 0 Å². The molecule has 0 aromatic heterocycles. The van der Waals surface area contributed by atoms with Crippen molar-refractivity contribution in [2.75, 3.05) is 30.4 Å². The summed E-state index contributed by atoms with van der Waals surface area (Å²) in [4.78, 5) is 13.0. The number of carbonyl (C=O) groups is 1. The van der Waals surface area contributed by atoms with Gasteiger partial charge in [0.2, 0.25) is 5.91 Å². The molecule has 0 heterocycles. The van der Waals surface area contributed by atoms with Crippen molar-refractivity contribution in [3.05, 3.63) is 60.2 Å². The lowest BCUT2D eigenvalue weighted by Crippen LogP contribution is -2.26. The van der Waals surface area contributed by atoms with Crippen LogP contribution in [0.3, 0.4) is 0 Å². The lowest BCUT2D eigenvalue weighted by Gasteiger charge is -2.19. The highest BCUT2D eigenvalue weighted by atomic mass is 16.1. The van der Waals surface area contributed by atoms with E-state index in [2.05, 4.69) is 52.9 Å². The number of nitrogens with one attached hydrogen (secondary N) is 2. The van der Waals surface area contributed by atoms with Gasteiger partial charge in [-0.1, -0.05) is 30.3 Å². The van der Waals surface area contributed by atoms with Crippen molar-refractivity contribution in [1.29, 1.82) is 0 Å². The third kappa shape index (κ3) is 5.13. The highest BCUT2D eigenvalue weighted by molar-refractivity contribution is 5.72. The largest absolute Gasteiger partial charge is 0.383 e. The van der Waals surface area contributed by atoms with E-state index in [4.69, 9.17) is 0 Å². The highest BCUT2D eigenvalue weighted by Crippen LogP contribution is 2.17. The maximum atomic E-state index is 10.8. The summed E-state index contributed by atoms with van der Waals surface area (Å²) in [6.07, 6.45) is 0. The number of carbonyl (C=O) groups excluding carboxylic acids is 1. The van der Waals surface area contributed by atoms with Crippen molar-refractivity contribution in [3.8, 4) is 0 Å². The Morgan fingerprint density at radius 3 is 2.55 bits per heavy atom. The second kappa shape index (κ2) is 8.08. The monoisotopic (exact) mass is 297 g/mol. The number of hydrogen-bond donors (Lipinski definition) is 2. The zero-order valence-electron chi connectivity index (χ0n) is 13.2. The standard InChI is InChI=1S/C18H23N3O/c1-15(22)19-11-12-20-17-8-6-7-16(13-17)14-21(2)18-9-4-3-5-10-18/h3-10,13,20H,11-12,14H2,1-2H3,(H,19,22). The smallest absolute Gasteiger partial charge is 0.216 e. The molecule has 0 radical (unpaired) electrons. The van der Waals surface area contributed by atoms with Gasteiger partial charge in [-0.25, -0.2) is 0 Å². The maximum Gasteiger partial charge on any atom is 0.216 e. The first kappa shape index (κ1) is 15.9. The Hall–Kier alpha value is -2.49. The van der Waals surface area contributed by atoms with Crippen LogP contribution in [0.4, 0.5) is 11.4 Å². The molecule has 0 spiro atoms. The molecular formula is C18H23N3O. The van der Waals surface area contributed by atoms with E-state index in [0.717, 1.165) is 18.8 Å². The van der Waals surface area contributed by atoms with E-state index in [0.29, 0.717) is 6.54 Å². The molecule has 0 bridgehead atoms. The molecule has 2 N–H and O–H groups in total. The van der Waals surface area contributed by atoms with Gasteiger partial charge in [0.25, 0.3) is 0 Å². The number of hydrogen-bond acceptors (Lipinski definition) is 3. The molecule has 0 atom stereocenters. The van der Waals surface area contributed by atoms with Crippen LogP contribution in [0.25, 0.3) is 0 Å². The van der Waals surface area contributed by atoms with Gasteiger partial charge in [0, 0.05) is 45.0 Å². The van der Waals surface area contributed by atoms with Crippen LogP contribution in [0.1, 0.15) is 12.5 Å². The minimum Gasteiger partial charge on any atom is -0.383 e. The third-order valence-electron chi connectivity index (χ3n) is 3.37. The van der Waals surface area contributed by atoms with E-state index in [1.807, 2.05) is 24.3 Å².